The van der Waals surface area contributed by atoms with Gasteiger partial charge in [0.15, 0.2) is 30.7 Å². The molecule has 0 aliphatic heterocycles. The predicted octanol–water partition coefficient (Wildman–Crippen LogP) is 6.29. The first-order valence-corrected chi connectivity index (χ1v) is 21.3. The molecule has 0 radical (unpaired) electrons. The summed E-state index contributed by atoms with van der Waals surface area (Å²) in [7, 11) is -4.71. The van der Waals surface area contributed by atoms with Crippen molar-refractivity contribution < 1.29 is 18.1 Å². The van der Waals surface area contributed by atoms with E-state index in [1.807, 2.05) is 6.08 Å². The maximum atomic E-state index is 12.2. The Hall–Kier alpha value is -0.319. The lowest BCUT2D eigenvalue weighted by Gasteiger charge is -2.29. The van der Waals surface area contributed by atoms with Crippen LogP contribution in [0.4, 0.5) is 0 Å². The molecule has 0 heterocycles. The molecule has 0 N–H and O–H groups in total. The Labute approximate surface area is 182 Å². The third-order valence-electron chi connectivity index (χ3n) is 4.26. The lowest BCUT2D eigenvalue weighted by Crippen LogP contribution is -2.38. The first-order valence-electron chi connectivity index (χ1n) is 11.0. The molecule has 1 rings (SSSR count). The molecule has 1 unspecified atom stereocenters. The Balaban J connectivity index is 2.41. The highest BCUT2D eigenvalue weighted by Gasteiger charge is 2.28. The van der Waals surface area contributed by atoms with Gasteiger partial charge < -0.3 is 13.3 Å². The number of Topliss-reactive ketones (excluding diaryl/α,β-unsaturated/α-hetero) is 1. The van der Waals surface area contributed by atoms with Crippen LogP contribution in [0.1, 0.15) is 32.1 Å². The molecule has 1 aliphatic rings. The van der Waals surface area contributed by atoms with Gasteiger partial charge >= 0.3 is 0 Å². The lowest BCUT2D eigenvalue weighted by molar-refractivity contribution is -0.115. The molecule has 0 aromatic rings. The van der Waals surface area contributed by atoms with Crippen molar-refractivity contribution in [2.24, 2.45) is 0 Å². The summed E-state index contributed by atoms with van der Waals surface area (Å²) in [4.78, 5) is 12.2. The quantitative estimate of drug-likeness (QED) is 0.185. The largest absolute Gasteiger partial charge is 0.415 e. The fraction of sp³-hybridized carbons (Fsp3) is 0.773. The lowest BCUT2D eigenvalue weighted by atomic mass is 10.1. The number of unbranched alkanes of at least 4 members (excludes halogenated alkanes) is 1. The van der Waals surface area contributed by atoms with E-state index in [1.54, 1.807) is 0 Å². The molecule has 7 heteroatoms. The highest BCUT2D eigenvalue weighted by molar-refractivity contribution is 6.70. The van der Waals surface area contributed by atoms with Crippen molar-refractivity contribution >= 4 is 30.7 Å². The highest BCUT2D eigenvalue weighted by atomic mass is 28.4. The first kappa shape index (κ1) is 26.7. The number of carbonyl (C=O) groups is 1. The number of hydrogen-bond acceptors (Lipinski definition) is 4. The minimum absolute atomic E-state index is 0.0107. The van der Waals surface area contributed by atoms with Gasteiger partial charge in [0.2, 0.25) is 0 Å². The van der Waals surface area contributed by atoms with Crippen LogP contribution in [0.25, 0.3) is 0 Å². The zero-order valence-electron chi connectivity index (χ0n) is 20.3. The summed E-state index contributed by atoms with van der Waals surface area (Å²) >= 11 is 0. The van der Waals surface area contributed by atoms with Gasteiger partial charge in [-0.05, 0) is 96.3 Å². The van der Waals surface area contributed by atoms with Gasteiger partial charge in [0.05, 0.1) is 18.8 Å². The van der Waals surface area contributed by atoms with Crippen molar-refractivity contribution in [1.29, 1.82) is 0 Å². The van der Waals surface area contributed by atoms with Gasteiger partial charge in [-0.1, -0.05) is 12.2 Å². The molecule has 0 saturated heterocycles. The van der Waals surface area contributed by atoms with E-state index >= 15 is 0 Å². The minimum atomic E-state index is -1.61. The molecular weight excluding hydrogens is 412 g/mol. The second-order valence-corrected chi connectivity index (χ2v) is 24.4. The second-order valence-electron chi connectivity index (χ2n) is 11.0. The van der Waals surface area contributed by atoms with Crippen LogP contribution in [0, 0.1) is 0 Å². The normalized spacial score (nSPS) is 19.8. The summed E-state index contributed by atoms with van der Waals surface area (Å²) in [5.74, 6) is 0.241. The first-order chi connectivity index (χ1) is 13.1. The van der Waals surface area contributed by atoms with E-state index in [4.69, 9.17) is 13.3 Å². The summed E-state index contributed by atoms with van der Waals surface area (Å²) in [5, 5.41) is 0. The Morgan fingerprint density at radius 1 is 1.00 bits per heavy atom. The van der Waals surface area contributed by atoms with E-state index in [0.717, 1.165) is 31.3 Å². The van der Waals surface area contributed by atoms with E-state index in [1.165, 1.54) is 0 Å². The van der Waals surface area contributed by atoms with Crippen molar-refractivity contribution in [1.82, 2.24) is 0 Å². The van der Waals surface area contributed by atoms with E-state index < -0.39 is 25.0 Å². The van der Waals surface area contributed by atoms with E-state index in [9.17, 15) is 4.79 Å². The molecule has 168 valence electrons. The standard InChI is InChI=1S/C22H44O4Si3/c1-27(2,3)24-18-20(25-28(4,5)6)15-13-11-10-12-14-19-16-21(17-22(19)23)26-29(7,8)9/h10,12,16,20-21H,11,13-15,17-18H2,1-9H3/b12-10-/t20?,21-/m0/s1. The van der Waals surface area contributed by atoms with Crippen LogP contribution in [-0.4, -0.2) is 49.6 Å². The Bertz CT molecular complexity index is 580. The smallest absolute Gasteiger partial charge is 0.184 e. The Kier molecular flexibility index (Phi) is 10.4. The molecule has 0 spiro atoms. The number of hydrogen-bond donors (Lipinski definition) is 0. The number of ketones is 1. The number of carbonyl (C=O) groups excluding carboxylic acids is 1. The van der Waals surface area contributed by atoms with Gasteiger partial charge in [0.1, 0.15) is 0 Å². The van der Waals surface area contributed by atoms with Crippen molar-refractivity contribution in [2.45, 2.75) is 103 Å². The summed E-state index contributed by atoms with van der Waals surface area (Å²) in [6, 6.07) is 0. The Morgan fingerprint density at radius 3 is 2.21 bits per heavy atom. The van der Waals surface area contributed by atoms with Crippen LogP contribution in [0.3, 0.4) is 0 Å². The SMILES string of the molecule is C[Si](C)(C)OCC(CCC/C=C\CC1=C[C@H](O[Si](C)(C)C)CC1=O)O[Si](C)(C)C. The van der Waals surface area contributed by atoms with Crippen LogP contribution in [0.2, 0.25) is 58.9 Å². The molecule has 2 atom stereocenters. The van der Waals surface area contributed by atoms with Gasteiger partial charge in [-0.3, -0.25) is 4.79 Å². The number of allylic oxidation sites excluding steroid dienone is 3. The van der Waals surface area contributed by atoms with Crippen molar-refractivity contribution in [3.8, 4) is 0 Å². The fourth-order valence-corrected chi connectivity index (χ4v) is 6.14. The second kappa shape index (κ2) is 11.3. The third kappa shape index (κ3) is 13.6. The van der Waals surface area contributed by atoms with Gasteiger partial charge in [-0.15, -0.1) is 0 Å². The summed E-state index contributed by atoms with van der Waals surface area (Å²) < 4.78 is 18.5. The van der Waals surface area contributed by atoms with Crippen molar-refractivity contribution in [3.05, 3.63) is 23.8 Å². The van der Waals surface area contributed by atoms with Crippen LogP contribution < -0.4 is 0 Å². The zero-order chi connectivity index (χ0) is 22.3. The van der Waals surface area contributed by atoms with Crippen molar-refractivity contribution in [2.75, 3.05) is 6.61 Å². The zero-order valence-corrected chi connectivity index (χ0v) is 23.3. The van der Waals surface area contributed by atoms with Gasteiger partial charge in [-0.2, -0.15) is 0 Å². The molecule has 1 aliphatic carbocycles. The molecule has 0 aromatic carbocycles. The third-order valence-corrected chi connectivity index (χ3v) is 7.34. The molecule has 0 fully saturated rings. The predicted molar refractivity (Wildman–Crippen MR) is 131 cm³/mol. The summed E-state index contributed by atoms with van der Waals surface area (Å²) in [6.07, 6.45) is 10.9. The van der Waals surface area contributed by atoms with Crippen LogP contribution in [0.5, 0.6) is 0 Å². The highest BCUT2D eigenvalue weighted by Crippen LogP contribution is 2.24. The van der Waals surface area contributed by atoms with E-state index in [-0.39, 0.29) is 18.0 Å². The average Bonchev–Trinajstić information content (AvgIpc) is 2.83. The summed E-state index contributed by atoms with van der Waals surface area (Å²) in [6.45, 7) is 20.6. The van der Waals surface area contributed by atoms with Crippen LogP contribution >= 0.6 is 0 Å². The average molecular weight is 457 g/mol. The topological polar surface area (TPSA) is 44.8 Å². The van der Waals surface area contributed by atoms with Gasteiger partial charge in [-0.25, -0.2) is 0 Å². The molecular formula is C22H44O4Si3. The van der Waals surface area contributed by atoms with Crippen LogP contribution in [-0.2, 0) is 18.1 Å². The monoisotopic (exact) mass is 456 g/mol. The molecule has 0 amide bonds. The molecule has 0 saturated carbocycles. The molecule has 29 heavy (non-hydrogen) atoms. The molecule has 4 nitrogen and oxygen atoms in total. The van der Waals surface area contributed by atoms with E-state index in [0.29, 0.717) is 13.0 Å². The molecule has 0 aromatic heterocycles. The maximum absolute atomic E-state index is 12.2. The van der Waals surface area contributed by atoms with Gasteiger partial charge in [0, 0.05) is 6.42 Å². The van der Waals surface area contributed by atoms with Crippen molar-refractivity contribution in [3.63, 3.8) is 0 Å². The maximum Gasteiger partial charge on any atom is 0.184 e. The Morgan fingerprint density at radius 2 is 1.66 bits per heavy atom. The number of rotatable bonds is 13. The van der Waals surface area contributed by atoms with Gasteiger partial charge in [0.25, 0.3) is 0 Å². The fourth-order valence-electron chi connectivity index (χ4n) is 3.21. The summed E-state index contributed by atoms with van der Waals surface area (Å²) in [5.41, 5.74) is 0.910. The minimum Gasteiger partial charge on any atom is -0.415 e. The van der Waals surface area contributed by atoms with Crippen LogP contribution in [0.15, 0.2) is 23.8 Å². The molecule has 0 bridgehead atoms. The van der Waals surface area contributed by atoms with E-state index in [2.05, 4.69) is 71.1 Å².